The Morgan fingerprint density at radius 1 is 0.667 bits per heavy atom. The van der Waals surface area contributed by atoms with Gasteiger partial charge in [-0.1, -0.05) is 53.6 Å². The Balaban J connectivity index is 1.000. The summed E-state index contributed by atoms with van der Waals surface area (Å²) >= 11 is 4.79. The number of thiocarbonyl (C=S) groups is 1. The van der Waals surface area contributed by atoms with E-state index in [9.17, 15) is 14.4 Å². The first-order chi connectivity index (χ1) is 36.9. The molecule has 1 aromatic heterocycles. The minimum Gasteiger partial charge on any atom is -0.394 e. The first kappa shape index (κ1) is 59.6. The fourth-order valence-corrected chi connectivity index (χ4v) is 7.54. The Morgan fingerprint density at radius 2 is 1.23 bits per heavy atom. The second-order valence-electron chi connectivity index (χ2n) is 16.2. The van der Waals surface area contributed by atoms with E-state index in [-0.39, 0.29) is 83.0 Å². The lowest BCUT2D eigenvalue weighted by Crippen LogP contribution is -2.38. The lowest BCUT2D eigenvalue weighted by molar-refractivity contribution is -0.134. The summed E-state index contributed by atoms with van der Waals surface area (Å²) in [6.07, 6.45) is 5.42. The zero-order valence-electron chi connectivity index (χ0n) is 42.4. The number of amides is 3. The standard InChI is InChI=1S/C53H68N8O13S/c1-3-22-65-27-30-68-25-20-59(21-26-69-31-34-71-33-29-67-24-19-55-49(62)18-23-66-28-32-70-35-36-72-37-38-73-39-40-74-54-2)50(63)16-17-51(64)60-41-43-8-4-5-9-46(43)52-53(47-10-6-7-11-48(47)60)61(58-57-52)45-14-12-44(13-15-45)56-42-75/h1,4-15H,2,16-41H2,(H,55,62). The third-order valence-corrected chi connectivity index (χ3v) is 11.2. The molecular weight excluding hydrogens is 989 g/mol. The van der Waals surface area contributed by atoms with Crippen molar-refractivity contribution < 1.29 is 61.9 Å². The average molecular weight is 1060 g/mol. The fourth-order valence-electron chi connectivity index (χ4n) is 7.43. The third-order valence-electron chi connectivity index (χ3n) is 11.1. The van der Waals surface area contributed by atoms with Crippen molar-refractivity contribution in [3.05, 3.63) is 78.4 Å². The van der Waals surface area contributed by atoms with Crippen LogP contribution in [0, 0.1) is 12.3 Å². The van der Waals surface area contributed by atoms with E-state index in [0.29, 0.717) is 128 Å². The zero-order valence-corrected chi connectivity index (χ0v) is 43.3. The van der Waals surface area contributed by atoms with Crippen molar-refractivity contribution in [1.29, 1.82) is 0 Å². The second-order valence-corrected chi connectivity index (χ2v) is 16.4. The molecule has 0 fully saturated rings. The number of hydrogen-bond donors (Lipinski definition) is 1. The molecule has 0 saturated carbocycles. The Labute approximate surface area is 443 Å². The Morgan fingerprint density at radius 3 is 1.85 bits per heavy atom. The highest BCUT2D eigenvalue weighted by Gasteiger charge is 2.30. The monoisotopic (exact) mass is 1060 g/mol. The van der Waals surface area contributed by atoms with Gasteiger partial charge in [0.25, 0.3) is 0 Å². The van der Waals surface area contributed by atoms with Crippen LogP contribution in [0.4, 0.5) is 11.4 Å². The van der Waals surface area contributed by atoms with Crippen molar-refractivity contribution in [1.82, 2.24) is 25.2 Å². The molecule has 5 rings (SSSR count). The van der Waals surface area contributed by atoms with Crippen LogP contribution in [0.25, 0.3) is 28.2 Å². The highest BCUT2D eigenvalue weighted by Crippen LogP contribution is 2.42. The molecule has 75 heavy (non-hydrogen) atoms. The van der Waals surface area contributed by atoms with Gasteiger partial charge in [0.1, 0.15) is 24.6 Å². The van der Waals surface area contributed by atoms with E-state index < -0.39 is 0 Å². The predicted molar refractivity (Wildman–Crippen MR) is 283 cm³/mol. The highest BCUT2D eigenvalue weighted by atomic mass is 32.1. The van der Waals surface area contributed by atoms with Gasteiger partial charge in [0.15, 0.2) is 0 Å². The summed E-state index contributed by atoms with van der Waals surface area (Å²) in [7, 11) is 0. The molecule has 22 heteroatoms. The van der Waals surface area contributed by atoms with Gasteiger partial charge in [0.05, 0.1) is 141 Å². The van der Waals surface area contributed by atoms with Crippen LogP contribution >= 0.6 is 12.2 Å². The molecule has 0 unspecified atom stereocenters. The SMILES string of the molecule is C#CCOCCOCCN(CCOCCOCCOCCNC(=O)CCOCCOCCOCCOCCON=C)C(=O)CCC(=O)N1Cc2ccccc2-c2nnn(-c3ccc(N=C=S)cc3)c2-c2ccccc21. The molecule has 1 N–H and O–H groups in total. The molecule has 0 atom stereocenters. The molecule has 0 spiro atoms. The number of nitrogens with zero attached hydrogens (tertiary/aromatic N) is 7. The number of aromatic nitrogens is 3. The predicted octanol–water partition coefficient (Wildman–Crippen LogP) is 4.71. The van der Waals surface area contributed by atoms with Gasteiger partial charge in [0, 0.05) is 56.7 Å². The lowest BCUT2D eigenvalue weighted by Gasteiger charge is -2.29. The molecule has 1 aliphatic rings. The van der Waals surface area contributed by atoms with Crippen molar-refractivity contribution in [2.75, 3.05) is 150 Å². The second kappa shape index (κ2) is 36.6. The number of aliphatic imine (C=N–C) groups is 1. The van der Waals surface area contributed by atoms with Crippen molar-refractivity contribution in [2.45, 2.75) is 25.8 Å². The smallest absolute Gasteiger partial charge is 0.227 e. The molecule has 21 nitrogen and oxygen atoms in total. The van der Waals surface area contributed by atoms with Crippen molar-refractivity contribution in [3.8, 4) is 40.5 Å². The highest BCUT2D eigenvalue weighted by molar-refractivity contribution is 7.78. The van der Waals surface area contributed by atoms with E-state index in [1.165, 1.54) is 0 Å². The first-order valence-corrected chi connectivity index (χ1v) is 25.2. The number of anilines is 1. The van der Waals surface area contributed by atoms with E-state index in [1.54, 1.807) is 14.5 Å². The van der Waals surface area contributed by atoms with Crippen LogP contribution in [-0.4, -0.2) is 195 Å². The fraction of sp³-hybridized carbons (Fsp3) is 0.491. The average Bonchev–Trinajstić information content (AvgIpc) is 3.87. The van der Waals surface area contributed by atoms with E-state index in [1.807, 2.05) is 72.8 Å². The number of carbonyl (C=O) groups excluding carboxylic acids is 3. The molecule has 3 aromatic carbocycles. The maximum absolute atomic E-state index is 14.4. The number of benzene rings is 3. The van der Waals surface area contributed by atoms with Crippen molar-refractivity contribution in [3.63, 3.8) is 0 Å². The molecular formula is C53H68N8O13S. The van der Waals surface area contributed by atoms with E-state index in [0.717, 1.165) is 22.4 Å². The molecule has 0 aliphatic carbocycles. The number of para-hydroxylation sites is 1. The maximum atomic E-state index is 14.4. The number of rotatable bonds is 40. The van der Waals surface area contributed by atoms with E-state index >= 15 is 0 Å². The number of fused-ring (bicyclic) bond motifs is 5. The van der Waals surface area contributed by atoms with E-state index in [4.69, 9.17) is 66.1 Å². The number of oxime groups is 1. The van der Waals surface area contributed by atoms with Crippen LogP contribution in [0.3, 0.4) is 0 Å². The summed E-state index contributed by atoms with van der Waals surface area (Å²) in [5.41, 5.74) is 5.94. The number of hydrogen-bond acceptors (Lipinski definition) is 18. The summed E-state index contributed by atoms with van der Waals surface area (Å²) in [6, 6.07) is 22.8. The molecule has 0 saturated heterocycles. The van der Waals surface area contributed by atoms with Gasteiger partial charge in [0.2, 0.25) is 17.7 Å². The Hall–Kier alpha value is -6.32. The van der Waals surface area contributed by atoms with Gasteiger partial charge < -0.3 is 62.6 Å². The first-order valence-electron chi connectivity index (χ1n) is 24.8. The van der Waals surface area contributed by atoms with Gasteiger partial charge in [-0.05, 0) is 48.1 Å². The maximum Gasteiger partial charge on any atom is 0.227 e. The Bertz CT molecular complexity index is 2410. The van der Waals surface area contributed by atoms with Gasteiger partial charge >= 0.3 is 0 Å². The van der Waals surface area contributed by atoms with Crippen LogP contribution in [0.5, 0.6) is 0 Å². The van der Waals surface area contributed by atoms with Crippen molar-refractivity contribution in [2.24, 2.45) is 10.1 Å². The lowest BCUT2D eigenvalue weighted by atomic mass is 9.95. The Kier molecular flexibility index (Phi) is 29.1. The number of ether oxygens (including phenoxy) is 9. The number of isothiocyanates is 1. The molecule has 1 aliphatic heterocycles. The van der Waals surface area contributed by atoms with Crippen LogP contribution in [0.15, 0.2) is 82.9 Å². The van der Waals surface area contributed by atoms with E-state index in [2.05, 4.69) is 43.6 Å². The summed E-state index contributed by atoms with van der Waals surface area (Å²) in [4.78, 5) is 52.6. The van der Waals surface area contributed by atoms with Gasteiger partial charge in [-0.15, -0.1) is 16.7 Å². The molecule has 4 aromatic rings. The molecule has 2 heterocycles. The van der Waals surface area contributed by atoms with Gasteiger partial charge in [-0.2, -0.15) is 4.99 Å². The van der Waals surface area contributed by atoms with Crippen LogP contribution in [-0.2, 0) is 68.4 Å². The molecule has 404 valence electrons. The summed E-state index contributed by atoms with van der Waals surface area (Å²) in [5, 5.41) is 17.7. The minimum absolute atomic E-state index is 0.0357. The molecule has 0 bridgehead atoms. The van der Waals surface area contributed by atoms with Crippen LogP contribution in [0.1, 0.15) is 24.8 Å². The summed E-state index contributed by atoms with van der Waals surface area (Å²) in [5.74, 6) is 1.85. The molecule has 3 amide bonds. The minimum atomic E-state index is -0.221. The summed E-state index contributed by atoms with van der Waals surface area (Å²) in [6.45, 7) is 10.9. The largest absolute Gasteiger partial charge is 0.394 e. The number of carbonyl (C=O) groups is 3. The van der Waals surface area contributed by atoms with Gasteiger partial charge in [-0.25, -0.2) is 4.68 Å². The number of terminal acetylenes is 1. The zero-order chi connectivity index (χ0) is 53.0. The molecule has 0 radical (unpaired) electrons. The normalized spacial score (nSPS) is 11.5. The number of nitrogens with one attached hydrogen (secondary N) is 1. The van der Waals surface area contributed by atoms with Crippen molar-refractivity contribution >= 4 is 53.2 Å². The van der Waals surface area contributed by atoms with Crippen LogP contribution in [0.2, 0.25) is 0 Å². The van der Waals surface area contributed by atoms with Crippen LogP contribution < -0.4 is 10.2 Å². The quantitative estimate of drug-likeness (QED) is 0.0210. The topological polar surface area (TPSA) is 217 Å². The summed E-state index contributed by atoms with van der Waals surface area (Å²) < 4.78 is 51.4. The third kappa shape index (κ3) is 21.8. The van der Waals surface area contributed by atoms with Gasteiger partial charge in [-0.3, -0.25) is 14.4 Å².